The molecule has 9 heteroatoms. The van der Waals surface area contributed by atoms with Crippen molar-refractivity contribution >= 4 is 11.5 Å². The van der Waals surface area contributed by atoms with Gasteiger partial charge in [0.25, 0.3) is 5.56 Å². The third-order valence-corrected chi connectivity index (χ3v) is 6.92. The maximum atomic E-state index is 12.5. The van der Waals surface area contributed by atoms with E-state index in [0.717, 1.165) is 45.2 Å². The monoisotopic (exact) mass is 511 g/mol. The van der Waals surface area contributed by atoms with Gasteiger partial charge in [-0.1, -0.05) is 12.1 Å². The summed E-state index contributed by atoms with van der Waals surface area (Å²) >= 11 is 0. The van der Waals surface area contributed by atoms with Crippen LogP contribution in [0.1, 0.15) is 29.7 Å². The number of H-pyrrole nitrogens is 1. The van der Waals surface area contributed by atoms with Gasteiger partial charge in [0.15, 0.2) is 0 Å². The molecule has 4 aromatic rings. The standard InChI is InChI=1S/C29H29N5O4/c1-18(21-14-23(36-2)17-30-16-21)31-22-6-7-25-20(13-22)12-19-4-3-5-24(28(19)38-25)29-32-26(15-27(35)33-29)34-8-10-37-11-9-34/h3-7,13-18,31H,8-12H2,1-2H3,(H,32,33,35). The fourth-order valence-corrected chi connectivity index (χ4v) is 4.90. The number of anilines is 2. The molecule has 0 radical (unpaired) electrons. The van der Waals surface area contributed by atoms with Crippen molar-refractivity contribution in [1.29, 1.82) is 0 Å². The number of aromatic nitrogens is 3. The minimum absolute atomic E-state index is 0.0423. The van der Waals surface area contributed by atoms with Crippen molar-refractivity contribution in [3.8, 4) is 28.6 Å². The van der Waals surface area contributed by atoms with E-state index in [0.29, 0.717) is 44.4 Å². The number of hydrogen-bond acceptors (Lipinski definition) is 8. The molecule has 2 N–H and O–H groups in total. The number of ether oxygens (including phenoxy) is 3. The lowest BCUT2D eigenvalue weighted by atomic mass is 9.97. The highest BCUT2D eigenvalue weighted by Gasteiger charge is 2.23. The minimum atomic E-state index is -0.193. The maximum Gasteiger partial charge on any atom is 0.253 e. The first-order chi connectivity index (χ1) is 18.6. The van der Waals surface area contributed by atoms with Gasteiger partial charge in [-0.15, -0.1) is 0 Å². The van der Waals surface area contributed by atoms with Crippen LogP contribution in [-0.2, 0) is 11.2 Å². The fraction of sp³-hybridized carbons (Fsp3) is 0.276. The van der Waals surface area contributed by atoms with Gasteiger partial charge in [0.05, 0.1) is 38.1 Å². The van der Waals surface area contributed by atoms with Gasteiger partial charge >= 0.3 is 0 Å². The predicted molar refractivity (Wildman–Crippen MR) is 145 cm³/mol. The summed E-state index contributed by atoms with van der Waals surface area (Å²) in [5, 5.41) is 3.55. The number of rotatable bonds is 6. The Morgan fingerprint density at radius 2 is 1.95 bits per heavy atom. The van der Waals surface area contributed by atoms with Crippen molar-refractivity contribution in [3.05, 3.63) is 88.0 Å². The Kier molecular flexibility index (Phi) is 6.43. The van der Waals surface area contributed by atoms with Gasteiger partial charge in [-0.3, -0.25) is 9.78 Å². The first-order valence-corrected chi connectivity index (χ1v) is 12.7. The number of para-hydroxylation sites is 1. The van der Waals surface area contributed by atoms with Gasteiger partial charge in [0, 0.05) is 48.6 Å². The lowest BCUT2D eigenvalue weighted by Gasteiger charge is -2.28. The molecule has 6 rings (SSSR count). The third kappa shape index (κ3) is 4.80. The van der Waals surface area contributed by atoms with Crippen LogP contribution in [0.25, 0.3) is 11.4 Å². The number of fused-ring (bicyclic) bond motifs is 2. The number of methoxy groups -OCH3 is 1. The van der Waals surface area contributed by atoms with E-state index in [9.17, 15) is 4.79 Å². The van der Waals surface area contributed by atoms with Crippen LogP contribution >= 0.6 is 0 Å². The first kappa shape index (κ1) is 24.0. The van der Waals surface area contributed by atoms with Crippen LogP contribution in [0, 0.1) is 0 Å². The zero-order valence-corrected chi connectivity index (χ0v) is 21.4. The molecule has 194 valence electrons. The van der Waals surface area contributed by atoms with Gasteiger partial charge in [-0.25, -0.2) is 4.98 Å². The summed E-state index contributed by atoms with van der Waals surface area (Å²) in [7, 11) is 1.64. The molecule has 2 aromatic heterocycles. The Morgan fingerprint density at radius 1 is 1.08 bits per heavy atom. The molecule has 2 aliphatic heterocycles. The molecule has 9 nitrogen and oxygen atoms in total. The van der Waals surface area contributed by atoms with Crippen molar-refractivity contribution in [1.82, 2.24) is 15.0 Å². The van der Waals surface area contributed by atoms with Gasteiger partial charge < -0.3 is 29.4 Å². The van der Waals surface area contributed by atoms with E-state index in [-0.39, 0.29) is 11.6 Å². The molecule has 0 spiro atoms. The number of aromatic amines is 1. The topological polar surface area (TPSA) is 102 Å². The molecule has 1 atom stereocenters. The van der Waals surface area contributed by atoms with Gasteiger partial charge in [-0.05, 0) is 42.8 Å². The summed E-state index contributed by atoms with van der Waals surface area (Å²) in [5.41, 5.74) is 4.72. The van der Waals surface area contributed by atoms with E-state index in [1.165, 1.54) is 6.07 Å². The highest BCUT2D eigenvalue weighted by atomic mass is 16.5. The Balaban J connectivity index is 1.26. The molecule has 0 amide bonds. The molecule has 0 saturated carbocycles. The van der Waals surface area contributed by atoms with Crippen LogP contribution in [0.4, 0.5) is 11.5 Å². The van der Waals surface area contributed by atoms with E-state index in [1.54, 1.807) is 13.3 Å². The summed E-state index contributed by atoms with van der Waals surface area (Å²) < 4.78 is 17.2. The van der Waals surface area contributed by atoms with Gasteiger partial charge in [-0.2, -0.15) is 0 Å². The molecular weight excluding hydrogens is 482 g/mol. The number of hydrogen-bond donors (Lipinski definition) is 2. The van der Waals surface area contributed by atoms with Crippen LogP contribution < -0.4 is 25.2 Å². The number of nitrogens with zero attached hydrogens (tertiary/aromatic N) is 3. The summed E-state index contributed by atoms with van der Waals surface area (Å²) in [6, 6.07) is 15.6. The molecule has 2 aromatic carbocycles. The molecule has 1 fully saturated rings. The smallest absolute Gasteiger partial charge is 0.253 e. The van der Waals surface area contributed by atoms with Crippen LogP contribution in [0.15, 0.2) is 65.7 Å². The predicted octanol–water partition coefficient (Wildman–Crippen LogP) is 4.55. The largest absolute Gasteiger partial charge is 0.495 e. The van der Waals surface area contributed by atoms with E-state index in [2.05, 4.69) is 39.2 Å². The van der Waals surface area contributed by atoms with Crippen molar-refractivity contribution < 1.29 is 14.2 Å². The van der Waals surface area contributed by atoms with E-state index in [1.807, 2.05) is 36.5 Å². The number of morpholine rings is 1. The normalized spacial score (nSPS) is 15.2. The third-order valence-electron chi connectivity index (χ3n) is 6.92. The quantitative estimate of drug-likeness (QED) is 0.343. The average Bonchev–Trinajstić information content (AvgIpc) is 2.96. The van der Waals surface area contributed by atoms with Gasteiger partial charge in [0.2, 0.25) is 0 Å². The Bertz CT molecular complexity index is 1530. The fourth-order valence-electron chi connectivity index (χ4n) is 4.90. The molecule has 1 saturated heterocycles. The summed E-state index contributed by atoms with van der Waals surface area (Å²) in [5.74, 6) is 3.39. The van der Waals surface area contributed by atoms with E-state index >= 15 is 0 Å². The molecular formula is C29H29N5O4. The van der Waals surface area contributed by atoms with Crippen molar-refractivity contribution in [2.45, 2.75) is 19.4 Å². The zero-order chi connectivity index (χ0) is 26.1. The molecule has 0 aliphatic carbocycles. The Hall–Kier alpha value is -4.37. The second-order valence-corrected chi connectivity index (χ2v) is 9.47. The Labute approximate surface area is 220 Å². The van der Waals surface area contributed by atoms with Crippen molar-refractivity contribution in [2.75, 3.05) is 43.6 Å². The second kappa shape index (κ2) is 10.2. The average molecular weight is 512 g/mol. The van der Waals surface area contributed by atoms with Crippen LogP contribution in [0.5, 0.6) is 17.2 Å². The van der Waals surface area contributed by atoms with E-state index < -0.39 is 0 Å². The maximum absolute atomic E-state index is 12.5. The molecule has 4 heterocycles. The summed E-state index contributed by atoms with van der Waals surface area (Å²) in [6.07, 6.45) is 4.24. The highest BCUT2D eigenvalue weighted by molar-refractivity contribution is 5.71. The SMILES string of the molecule is COc1cncc(C(C)Nc2ccc3c(c2)Cc2cccc(-c4nc(N5CCOCC5)cc(=O)[nH]4)c2O3)c1. The highest BCUT2D eigenvalue weighted by Crippen LogP contribution is 2.43. The van der Waals surface area contributed by atoms with Crippen molar-refractivity contribution in [3.63, 3.8) is 0 Å². The van der Waals surface area contributed by atoms with Crippen LogP contribution in [0.2, 0.25) is 0 Å². The molecule has 2 aliphatic rings. The first-order valence-electron chi connectivity index (χ1n) is 12.7. The zero-order valence-electron chi connectivity index (χ0n) is 21.4. The van der Waals surface area contributed by atoms with E-state index in [4.69, 9.17) is 19.2 Å². The second-order valence-electron chi connectivity index (χ2n) is 9.47. The molecule has 38 heavy (non-hydrogen) atoms. The lowest BCUT2D eigenvalue weighted by Crippen LogP contribution is -2.37. The number of benzene rings is 2. The van der Waals surface area contributed by atoms with Crippen LogP contribution in [0.3, 0.4) is 0 Å². The summed E-state index contributed by atoms with van der Waals surface area (Å²) in [6.45, 7) is 4.74. The number of nitrogens with one attached hydrogen (secondary N) is 2. The minimum Gasteiger partial charge on any atom is -0.495 e. The van der Waals surface area contributed by atoms with Crippen LogP contribution in [-0.4, -0.2) is 48.4 Å². The number of pyridine rings is 1. The van der Waals surface area contributed by atoms with Crippen molar-refractivity contribution in [2.24, 2.45) is 0 Å². The Morgan fingerprint density at radius 3 is 2.79 bits per heavy atom. The molecule has 0 bridgehead atoms. The molecule has 1 unspecified atom stereocenters. The summed E-state index contributed by atoms with van der Waals surface area (Å²) in [4.78, 5) is 26.6. The van der Waals surface area contributed by atoms with Gasteiger partial charge in [0.1, 0.15) is 28.9 Å². The lowest BCUT2D eigenvalue weighted by molar-refractivity contribution is 0.122.